The maximum Gasteiger partial charge on any atom is 0.303 e. The van der Waals surface area contributed by atoms with Gasteiger partial charge in [-0.1, -0.05) is 6.07 Å². The molecule has 0 fully saturated rings. The van der Waals surface area contributed by atoms with Crippen molar-refractivity contribution >= 4 is 5.97 Å². The van der Waals surface area contributed by atoms with E-state index in [1.165, 1.54) is 0 Å². The molecule has 0 spiro atoms. The molecule has 92 valence electrons. The third kappa shape index (κ3) is 2.64. The smallest absolute Gasteiger partial charge is 0.303 e. The first-order chi connectivity index (χ1) is 8.08. The van der Waals surface area contributed by atoms with Crippen molar-refractivity contribution in [3.63, 3.8) is 0 Å². The van der Waals surface area contributed by atoms with E-state index in [9.17, 15) is 9.18 Å². The maximum atomic E-state index is 13.8. The Bertz CT molecular complexity index is 445. The van der Waals surface area contributed by atoms with Crippen LogP contribution in [0, 0.1) is 5.82 Å². The van der Waals surface area contributed by atoms with Crippen LogP contribution in [0.1, 0.15) is 42.0 Å². The number of benzene rings is 1. The highest BCUT2D eigenvalue weighted by Crippen LogP contribution is 2.28. The predicted molar refractivity (Wildman–Crippen MR) is 62.2 cm³/mol. The monoisotopic (exact) mass is 237 g/mol. The fraction of sp³-hybridized carbons (Fsp3) is 0.462. The number of carboxylic acid groups (broad SMARTS) is 1. The van der Waals surface area contributed by atoms with Gasteiger partial charge in [-0.15, -0.1) is 0 Å². The fourth-order valence-corrected chi connectivity index (χ4v) is 2.33. The normalized spacial score (nSPS) is 15.6. The van der Waals surface area contributed by atoms with Crippen LogP contribution in [0.3, 0.4) is 0 Å². The Balaban J connectivity index is 2.17. The number of hydrogen-bond donors (Lipinski definition) is 2. The van der Waals surface area contributed by atoms with Crippen LogP contribution >= 0.6 is 0 Å². The molecule has 0 aromatic heterocycles. The molecule has 1 aliphatic carbocycles. The zero-order valence-electron chi connectivity index (χ0n) is 9.58. The highest BCUT2D eigenvalue weighted by Gasteiger charge is 2.18. The number of aliphatic carboxylic acids is 1. The predicted octanol–water partition coefficient (Wildman–Crippen LogP) is 2.18. The lowest BCUT2D eigenvalue weighted by Crippen LogP contribution is -2.14. The van der Waals surface area contributed by atoms with Gasteiger partial charge >= 0.3 is 5.97 Å². The van der Waals surface area contributed by atoms with Crippen molar-refractivity contribution in [2.75, 3.05) is 0 Å². The summed E-state index contributed by atoms with van der Waals surface area (Å²) < 4.78 is 13.8. The first-order valence-corrected chi connectivity index (χ1v) is 5.86. The molecular formula is C13H16FNO2. The summed E-state index contributed by atoms with van der Waals surface area (Å²) in [5.74, 6) is -1.20. The molecule has 0 heterocycles. The molecule has 2 rings (SSSR count). The van der Waals surface area contributed by atoms with E-state index < -0.39 is 12.0 Å². The lowest BCUT2D eigenvalue weighted by molar-refractivity contribution is -0.137. The van der Waals surface area contributed by atoms with Crippen LogP contribution in [-0.2, 0) is 17.6 Å². The van der Waals surface area contributed by atoms with Crippen LogP contribution in [0.2, 0.25) is 0 Å². The van der Waals surface area contributed by atoms with Crippen molar-refractivity contribution in [2.45, 2.75) is 38.1 Å². The number of halogens is 1. The van der Waals surface area contributed by atoms with Gasteiger partial charge in [0.2, 0.25) is 0 Å². The van der Waals surface area contributed by atoms with Crippen molar-refractivity contribution < 1.29 is 14.3 Å². The van der Waals surface area contributed by atoms with E-state index in [0.717, 1.165) is 30.4 Å². The molecule has 1 aromatic rings. The zero-order valence-corrected chi connectivity index (χ0v) is 9.58. The largest absolute Gasteiger partial charge is 0.481 e. The molecule has 4 heteroatoms. The molecular weight excluding hydrogens is 221 g/mol. The van der Waals surface area contributed by atoms with E-state index in [2.05, 4.69) is 0 Å². The number of rotatable bonds is 4. The Labute approximate surface area is 99.4 Å². The SMILES string of the molecule is NC(CCC(=O)O)c1cc2c(cc1F)CCC2. The lowest BCUT2D eigenvalue weighted by atomic mass is 9.98. The number of carboxylic acids is 1. The highest BCUT2D eigenvalue weighted by atomic mass is 19.1. The van der Waals surface area contributed by atoms with Crippen molar-refractivity contribution in [1.29, 1.82) is 0 Å². The second kappa shape index (κ2) is 4.84. The summed E-state index contributed by atoms with van der Waals surface area (Å²) in [6.45, 7) is 0. The van der Waals surface area contributed by atoms with Crippen LogP contribution in [-0.4, -0.2) is 11.1 Å². The minimum Gasteiger partial charge on any atom is -0.481 e. The molecule has 1 atom stereocenters. The van der Waals surface area contributed by atoms with Gasteiger partial charge in [0.1, 0.15) is 5.82 Å². The summed E-state index contributed by atoms with van der Waals surface area (Å²) >= 11 is 0. The number of carbonyl (C=O) groups is 1. The van der Waals surface area contributed by atoms with E-state index in [0.29, 0.717) is 5.56 Å². The Kier molecular flexibility index (Phi) is 3.43. The second-order valence-corrected chi connectivity index (χ2v) is 4.53. The molecule has 1 aromatic carbocycles. The minimum absolute atomic E-state index is 0.0301. The lowest BCUT2D eigenvalue weighted by Gasteiger charge is -2.13. The summed E-state index contributed by atoms with van der Waals surface area (Å²) in [6.07, 6.45) is 3.19. The summed E-state index contributed by atoms with van der Waals surface area (Å²) in [6, 6.07) is 2.83. The van der Waals surface area contributed by atoms with Crippen molar-refractivity contribution in [3.8, 4) is 0 Å². The van der Waals surface area contributed by atoms with Crippen LogP contribution in [0.5, 0.6) is 0 Å². The number of hydrogen-bond acceptors (Lipinski definition) is 2. The molecule has 0 bridgehead atoms. The topological polar surface area (TPSA) is 63.3 Å². The summed E-state index contributed by atoms with van der Waals surface area (Å²) in [4.78, 5) is 10.5. The third-order valence-electron chi connectivity index (χ3n) is 3.28. The highest BCUT2D eigenvalue weighted by molar-refractivity contribution is 5.66. The molecule has 1 unspecified atom stereocenters. The van der Waals surface area contributed by atoms with Crippen LogP contribution in [0.25, 0.3) is 0 Å². The van der Waals surface area contributed by atoms with Gasteiger partial charge < -0.3 is 10.8 Å². The molecule has 3 N–H and O–H groups in total. The first kappa shape index (κ1) is 12.0. The Morgan fingerprint density at radius 1 is 1.41 bits per heavy atom. The molecule has 17 heavy (non-hydrogen) atoms. The quantitative estimate of drug-likeness (QED) is 0.843. The van der Waals surface area contributed by atoms with Gasteiger partial charge in [0.25, 0.3) is 0 Å². The summed E-state index contributed by atoms with van der Waals surface area (Å²) in [5.41, 5.74) is 8.51. The van der Waals surface area contributed by atoms with Crippen molar-refractivity contribution in [3.05, 3.63) is 34.6 Å². The van der Waals surface area contributed by atoms with E-state index in [1.807, 2.05) is 6.07 Å². The van der Waals surface area contributed by atoms with Crippen LogP contribution < -0.4 is 5.73 Å². The summed E-state index contributed by atoms with van der Waals surface area (Å²) in [7, 11) is 0. The number of aryl methyl sites for hydroxylation is 2. The van der Waals surface area contributed by atoms with E-state index >= 15 is 0 Å². The number of nitrogens with two attached hydrogens (primary N) is 1. The van der Waals surface area contributed by atoms with Crippen LogP contribution in [0.15, 0.2) is 12.1 Å². The average molecular weight is 237 g/mol. The molecule has 1 aliphatic rings. The molecule has 0 radical (unpaired) electrons. The van der Waals surface area contributed by atoms with Gasteiger partial charge in [-0.25, -0.2) is 4.39 Å². The average Bonchev–Trinajstić information content (AvgIpc) is 2.71. The van der Waals surface area contributed by atoms with E-state index in [4.69, 9.17) is 10.8 Å². The number of fused-ring (bicyclic) bond motifs is 1. The second-order valence-electron chi connectivity index (χ2n) is 4.53. The maximum absolute atomic E-state index is 13.8. The van der Waals surface area contributed by atoms with Gasteiger partial charge in [0.05, 0.1) is 0 Å². The van der Waals surface area contributed by atoms with Gasteiger partial charge in [0.15, 0.2) is 0 Å². The Hall–Kier alpha value is -1.42. The van der Waals surface area contributed by atoms with Crippen LogP contribution in [0.4, 0.5) is 4.39 Å². The van der Waals surface area contributed by atoms with Gasteiger partial charge in [-0.2, -0.15) is 0 Å². The standard InChI is InChI=1S/C13H16FNO2/c14-11-7-9-3-1-2-8(9)6-10(11)12(15)4-5-13(16)17/h6-7,12H,1-5,15H2,(H,16,17). The van der Waals surface area contributed by atoms with Gasteiger partial charge in [0, 0.05) is 18.0 Å². The molecule has 0 aliphatic heterocycles. The van der Waals surface area contributed by atoms with Crippen molar-refractivity contribution in [2.24, 2.45) is 5.73 Å². The Morgan fingerprint density at radius 2 is 2.06 bits per heavy atom. The first-order valence-electron chi connectivity index (χ1n) is 5.86. The van der Waals surface area contributed by atoms with Gasteiger partial charge in [-0.3, -0.25) is 4.79 Å². The zero-order chi connectivity index (χ0) is 12.4. The van der Waals surface area contributed by atoms with Gasteiger partial charge in [-0.05, 0) is 42.9 Å². The minimum atomic E-state index is -0.901. The molecule has 0 saturated carbocycles. The summed E-state index contributed by atoms with van der Waals surface area (Å²) in [5, 5.41) is 8.58. The Morgan fingerprint density at radius 3 is 2.71 bits per heavy atom. The third-order valence-corrected chi connectivity index (χ3v) is 3.28. The van der Waals surface area contributed by atoms with Crippen molar-refractivity contribution in [1.82, 2.24) is 0 Å². The van der Waals surface area contributed by atoms with E-state index in [1.54, 1.807) is 6.07 Å². The molecule has 0 amide bonds. The molecule has 0 saturated heterocycles. The molecule has 3 nitrogen and oxygen atoms in total. The van der Waals surface area contributed by atoms with E-state index in [-0.39, 0.29) is 18.7 Å². The fourth-order valence-electron chi connectivity index (χ4n) is 2.33.